The molecule has 1 saturated carbocycles. The highest BCUT2D eigenvalue weighted by molar-refractivity contribution is 6.31. The molecule has 38 heavy (non-hydrogen) atoms. The number of piperidine rings is 1. The van der Waals surface area contributed by atoms with Gasteiger partial charge in [0.1, 0.15) is 5.75 Å². The van der Waals surface area contributed by atoms with Crippen LogP contribution in [-0.2, 0) is 16.1 Å². The van der Waals surface area contributed by atoms with E-state index in [9.17, 15) is 9.59 Å². The van der Waals surface area contributed by atoms with Crippen LogP contribution in [0.2, 0.25) is 5.02 Å². The number of methoxy groups -OCH3 is 1. The Kier molecular flexibility index (Phi) is 9.61. The van der Waals surface area contributed by atoms with Crippen LogP contribution in [0.1, 0.15) is 62.1 Å². The number of nitrogens with zero attached hydrogens (tertiary/aromatic N) is 2. The van der Waals surface area contributed by atoms with E-state index in [1.54, 1.807) is 7.11 Å². The number of rotatable bonds is 9. The van der Waals surface area contributed by atoms with Crippen LogP contribution in [-0.4, -0.2) is 54.9 Å². The number of halogens is 2. The van der Waals surface area contributed by atoms with Crippen molar-refractivity contribution >= 4 is 35.8 Å². The van der Waals surface area contributed by atoms with Crippen molar-refractivity contribution in [2.24, 2.45) is 11.3 Å². The molecule has 5 rings (SSSR count). The lowest BCUT2D eigenvalue weighted by Crippen LogP contribution is -2.45. The number of likely N-dealkylation sites (tertiary alicyclic amines) is 2. The molecular weight excluding hydrogens is 521 g/mol. The molecule has 3 fully saturated rings. The van der Waals surface area contributed by atoms with Gasteiger partial charge in [-0.25, -0.2) is 0 Å². The van der Waals surface area contributed by atoms with E-state index in [2.05, 4.69) is 10.2 Å². The standard InChI is InChI=1S/C30H38ClN3O3.ClH/c1-37-24-11-9-22(10-12-24)21-34-20-16-30(29(34)36)14-18-33(19-15-30)17-13-27(25-7-2-3-8-26(25)31)32-28(35)23-5-4-6-23;/h2-3,7-12,23,27H,4-6,13-21H2,1H3,(H,32,35);1H. The van der Waals surface area contributed by atoms with E-state index in [0.29, 0.717) is 17.5 Å². The molecule has 1 aliphatic carbocycles. The first kappa shape index (κ1) is 28.7. The summed E-state index contributed by atoms with van der Waals surface area (Å²) < 4.78 is 5.25. The molecule has 2 amide bonds. The summed E-state index contributed by atoms with van der Waals surface area (Å²) in [5.41, 5.74) is 1.91. The largest absolute Gasteiger partial charge is 0.497 e. The Labute approximate surface area is 237 Å². The number of amides is 2. The second-order valence-corrected chi connectivity index (χ2v) is 11.4. The first-order chi connectivity index (χ1) is 18.0. The van der Waals surface area contributed by atoms with Crippen molar-refractivity contribution in [1.29, 1.82) is 0 Å². The minimum absolute atomic E-state index is 0. The first-order valence-corrected chi connectivity index (χ1v) is 14.0. The van der Waals surface area contributed by atoms with Crippen molar-refractivity contribution in [3.8, 4) is 5.75 Å². The van der Waals surface area contributed by atoms with Gasteiger partial charge < -0.3 is 19.9 Å². The first-order valence-electron chi connectivity index (χ1n) is 13.7. The molecule has 0 bridgehead atoms. The van der Waals surface area contributed by atoms with Crippen LogP contribution in [0.5, 0.6) is 5.75 Å². The van der Waals surface area contributed by atoms with Crippen LogP contribution >= 0.6 is 24.0 Å². The van der Waals surface area contributed by atoms with Crippen molar-refractivity contribution in [2.45, 2.75) is 57.5 Å². The quantitative estimate of drug-likeness (QED) is 0.432. The molecule has 0 radical (unpaired) electrons. The van der Waals surface area contributed by atoms with Crippen LogP contribution in [0.3, 0.4) is 0 Å². The van der Waals surface area contributed by atoms with Gasteiger partial charge in [-0.15, -0.1) is 12.4 Å². The van der Waals surface area contributed by atoms with Crippen molar-refractivity contribution in [2.75, 3.05) is 33.3 Å². The van der Waals surface area contributed by atoms with Gasteiger partial charge in [0.25, 0.3) is 0 Å². The lowest BCUT2D eigenvalue weighted by molar-refractivity contribution is -0.139. The monoisotopic (exact) mass is 559 g/mol. The molecule has 1 atom stereocenters. The smallest absolute Gasteiger partial charge is 0.229 e. The molecule has 2 aromatic carbocycles. The summed E-state index contributed by atoms with van der Waals surface area (Å²) >= 11 is 6.52. The minimum Gasteiger partial charge on any atom is -0.497 e. The molecule has 2 aromatic rings. The Hall–Kier alpha value is -2.28. The number of hydrogen-bond acceptors (Lipinski definition) is 4. The number of benzene rings is 2. The number of carbonyl (C=O) groups is 2. The summed E-state index contributed by atoms with van der Waals surface area (Å²) in [6.45, 7) is 4.18. The van der Waals surface area contributed by atoms with Gasteiger partial charge in [-0.3, -0.25) is 9.59 Å². The Morgan fingerprint density at radius 3 is 2.39 bits per heavy atom. The molecule has 8 heteroatoms. The Morgan fingerprint density at radius 1 is 1.08 bits per heavy atom. The number of ether oxygens (including phenoxy) is 1. The zero-order valence-corrected chi connectivity index (χ0v) is 23.7. The average molecular weight is 561 g/mol. The highest BCUT2D eigenvalue weighted by atomic mass is 35.5. The fourth-order valence-corrected chi connectivity index (χ4v) is 6.27. The minimum atomic E-state index is -0.219. The highest BCUT2D eigenvalue weighted by Gasteiger charge is 2.47. The zero-order valence-electron chi connectivity index (χ0n) is 22.2. The van der Waals surface area contributed by atoms with Gasteiger partial charge in [-0.2, -0.15) is 0 Å². The van der Waals surface area contributed by atoms with Crippen molar-refractivity contribution in [3.05, 3.63) is 64.7 Å². The number of hydrogen-bond donors (Lipinski definition) is 1. The zero-order chi connectivity index (χ0) is 25.8. The van der Waals surface area contributed by atoms with Crippen LogP contribution in [0.25, 0.3) is 0 Å². The third-order valence-electron chi connectivity index (χ3n) is 8.75. The molecule has 6 nitrogen and oxygen atoms in total. The third-order valence-corrected chi connectivity index (χ3v) is 9.10. The predicted octanol–water partition coefficient (Wildman–Crippen LogP) is 5.63. The molecule has 2 aliphatic heterocycles. The summed E-state index contributed by atoms with van der Waals surface area (Å²) in [7, 11) is 1.66. The van der Waals surface area contributed by atoms with Gasteiger partial charge in [0.05, 0.1) is 18.6 Å². The Morgan fingerprint density at radius 2 is 1.76 bits per heavy atom. The molecule has 3 aliphatic rings. The van der Waals surface area contributed by atoms with Gasteiger partial charge in [0.2, 0.25) is 11.8 Å². The molecule has 1 N–H and O–H groups in total. The van der Waals surface area contributed by atoms with E-state index in [1.165, 1.54) is 0 Å². The average Bonchev–Trinajstić information content (AvgIpc) is 3.17. The maximum atomic E-state index is 13.4. The van der Waals surface area contributed by atoms with Gasteiger partial charge in [-0.05, 0) is 80.9 Å². The second-order valence-electron chi connectivity index (χ2n) is 10.9. The fourth-order valence-electron chi connectivity index (χ4n) is 6.00. The van der Waals surface area contributed by atoms with Gasteiger partial charge in [-0.1, -0.05) is 48.4 Å². The predicted molar refractivity (Wildman–Crippen MR) is 153 cm³/mol. The van der Waals surface area contributed by atoms with E-state index in [-0.39, 0.29) is 35.7 Å². The van der Waals surface area contributed by atoms with Crippen LogP contribution in [0.15, 0.2) is 48.5 Å². The molecule has 2 saturated heterocycles. The van der Waals surface area contributed by atoms with Gasteiger partial charge >= 0.3 is 0 Å². The van der Waals surface area contributed by atoms with Gasteiger partial charge in [0.15, 0.2) is 0 Å². The fraction of sp³-hybridized carbons (Fsp3) is 0.533. The van der Waals surface area contributed by atoms with Crippen LogP contribution < -0.4 is 10.1 Å². The lowest BCUT2D eigenvalue weighted by Gasteiger charge is -2.38. The molecule has 1 spiro atoms. The van der Waals surface area contributed by atoms with E-state index < -0.39 is 0 Å². The normalized spacial score (nSPS) is 20.1. The summed E-state index contributed by atoms with van der Waals surface area (Å²) in [6, 6.07) is 15.7. The maximum Gasteiger partial charge on any atom is 0.229 e. The molecule has 1 unspecified atom stereocenters. The Balaban J connectivity index is 0.00000336. The highest BCUT2D eigenvalue weighted by Crippen LogP contribution is 2.42. The summed E-state index contributed by atoms with van der Waals surface area (Å²) in [5, 5.41) is 3.99. The summed E-state index contributed by atoms with van der Waals surface area (Å²) in [5.74, 6) is 1.45. The van der Waals surface area contributed by atoms with E-state index in [4.69, 9.17) is 16.3 Å². The maximum absolute atomic E-state index is 13.4. The van der Waals surface area contributed by atoms with E-state index in [0.717, 1.165) is 88.0 Å². The van der Waals surface area contributed by atoms with Gasteiger partial charge in [0, 0.05) is 30.6 Å². The molecule has 2 heterocycles. The molecule has 0 aromatic heterocycles. The molecule has 206 valence electrons. The Bertz CT molecular complexity index is 1100. The van der Waals surface area contributed by atoms with Crippen molar-refractivity contribution < 1.29 is 14.3 Å². The lowest BCUT2D eigenvalue weighted by atomic mass is 9.77. The number of nitrogens with one attached hydrogen (secondary N) is 1. The van der Waals surface area contributed by atoms with Crippen LogP contribution in [0.4, 0.5) is 0 Å². The van der Waals surface area contributed by atoms with E-state index >= 15 is 0 Å². The summed E-state index contributed by atoms with van der Waals surface area (Å²) in [4.78, 5) is 30.7. The number of carbonyl (C=O) groups excluding carboxylic acids is 2. The van der Waals surface area contributed by atoms with Crippen LogP contribution in [0, 0.1) is 11.3 Å². The SMILES string of the molecule is COc1ccc(CN2CCC3(CCN(CCC(NC(=O)C4CCC4)c4ccccc4Cl)CC3)C2=O)cc1.Cl. The third kappa shape index (κ3) is 6.30. The van der Waals surface area contributed by atoms with Crippen molar-refractivity contribution in [1.82, 2.24) is 15.1 Å². The topological polar surface area (TPSA) is 61.9 Å². The van der Waals surface area contributed by atoms with E-state index in [1.807, 2.05) is 53.4 Å². The van der Waals surface area contributed by atoms with Crippen molar-refractivity contribution in [3.63, 3.8) is 0 Å². The molecular formula is C30H39Cl2N3O3. The second kappa shape index (κ2) is 12.7. The summed E-state index contributed by atoms with van der Waals surface area (Å²) in [6.07, 6.45) is 6.66.